The lowest BCUT2D eigenvalue weighted by molar-refractivity contribution is 0.466. The fraction of sp³-hybridized carbons (Fsp3) is 0. The van der Waals surface area contributed by atoms with Crippen LogP contribution in [0.15, 0.2) is 127 Å². The Labute approximate surface area is 246 Å². The van der Waals surface area contributed by atoms with E-state index >= 15 is 0 Å². The van der Waals surface area contributed by atoms with E-state index in [1.165, 1.54) is 31.3 Å². The van der Waals surface area contributed by atoms with Gasteiger partial charge < -0.3 is 9.47 Å². The van der Waals surface area contributed by atoms with Gasteiger partial charge in [-0.1, -0.05) is 90.7 Å². The van der Waals surface area contributed by atoms with Crippen LogP contribution < -0.4 is 25.4 Å². The Morgan fingerprint density at radius 2 is 1.17 bits per heavy atom. The number of fused-ring (bicyclic) bond motifs is 7. The van der Waals surface area contributed by atoms with Crippen LogP contribution in [-0.4, -0.2) is 0 Å². The van der Waals surface area contributed by atoms with Crippen molar-refractivity contribution < 1.29 is 9.47 Å². The molecule has 0 N–H and O–H groups in total. The highest BCUT2D eigenvalue weighted by atomic mass is 32.4. The van der Waals surface area contributed by atoms with Crippen molar-refractivity contribution in [2.45, 2.75) is 0 Å². The number of rotatable bonds is 2. The molecule has 0 spiro atoms. The van der Waals surface area contributed by atoms with Crippen LogP contribution in [0.25, 0.3) is 42.4 Å². The topological polar surface area (TPSA) is 18.5 Å². The number of ether oxygens (including phenoxy) is 2. The Hall–Kier alpha value is -4.21. The van der Waals surface area contributed by atoms with Crippen LogP contribution in [0.4, 0.5) is 0 Å². The van der Waals surface area contributed by atoms with E-state index in [2.05, 4.69) is 97.1 Å². The standard InChI is InChI=1S/C36H21O2PS2/c40-39-32-16-3-2-13-28(32)37-30-14-7-15-31(35(30)39)38-29-19-18-23(21-33(29)39)22-8-5-9-24(20-22)25-11-6-12-27-26-10-1-4-17-34(26)41-36(25)27/h1-21H. The molecule has 0 bridgehead atoms. The maximum atomic E-state index is 6.71. The molecule has 194 valence electrons. The zero-order valence-corrected chi connectivity index (χ0v) is 24.2. The van der Waals surface area contributed by atoms with Gasteiger partial charge in [0, 0.05) is 30.8 Å². The molecule has 0 radical (unpaired) electrons. The van der Waals surface area contributed by atoms with Crippen molar-refractivity contribution in [1.82, 2.24) is 0 Å². The van der Waals surface area contributed by atoms with Crippen LogP contribution in [0.2, 0.25) is 0 Å². The molecule has 1 unspecified atom stereocenters. The molecule has 2 aliphatic heterocycles. The molecule has 0 amide bonds. The second kappa shape index (κ2) is 8.64. The first-order chi connectivity index (χ1) is 20.2. The zero-order chi connectivity index (χ0) is 27.1. The predicted octanol–water partition coefficient (Wildman–Crippen LogP) is 9.36. The summed E-state index contributed by atoms with van der Waals surface area (Å²) in [5.74, 6) is 3.29. The molecule has 5 heteroatoms. The molecular weight excluding hydrogens is 560 g/mol. The summed E-state index contributed by atoms with van der Waals surface area (Å²) in [5.41, 5.74) is 4.76. The van der Waals surface area contributed by atoms with Crippen molar-refractivity contribution in [2.24, 2.45) is 0 Å². The fourth-order valence-corrected chi connectivity index (χ4v) is 12.0. The zero-order valence-electron chi connectivity index (χ0n) is 21.7. The first-order valence-corrected chi connectivity index (χ1v) is 17.1. The van der Waals surface area contributed by atoms with E-state index in [1.807, 2.05) is 41.7 Å². The molecule has 0 saturated heterocycles. The van der Waals surface area contributed by atoms with Crippen molar-refractivity contribution in [3.63, 3.8) is 0 Å². The summed E-state index contributed by atoms with van der Waals surface area (Å²) in [5, 5.41) is 5.81. The molecule has 1 atom stereocenters. The van der Waals surface area contributed by atoms with Gasteiger partial charge in [-0.2, -0.15) is 0 Å². The van der Waals surface area contributed by atoms with Gasteiger partial charge in [0.2, 0.25) is 0 Å². The van der Waals surface area contributed by atoms with Crippen LogP contribution in [0.1, 0.15) is 0 Å². The van der Waals surface area contributed by atoms with Gasteiger partial charge in [-0.05, 0) is 70.8 Å². The molecular formula is C36H21O2PS2. The molecule has 0 aliphatic carbocycles. The first-order valence-electron chi connectivity index (χ1n) is 13.5. The third kappa shape index (κ3) is 3.33. The van der Waals surface area contributed by atoms with E-state index in [4.69, 9.17) is 21.3 Å². The number of para-hydroxylation sites is 1. The molecule has 0 fully saturated rings. The summed E-state index contributed by atoms with van der Waals surface area (Å²) in [7, 11) is 0. The predicted molar refractivity (Wildman–Crippen MR) is 176 cm³/mol. The smallest absolute Gasteiger partial charge is 0.140 e. The number of thiophene rings is 1. The lowest BCUT2D eigenvalue weighted by Crippen LogP contribution is -2.34. The summed E-state index contributed by atoms with van der Waals surface area (Å²) >= 11 is 8.57. The normalized spacial score (nSPS) is 16.4. The highest BCUT2D eigenvalue weighted by Crippen LogP contribution is 2.58. The Morgan fingerprint density at radius 3 is 2.07 bits per heavy atom. The third-order valence-corrected chi connectivity index (χ3v) is 14.2. The SMILES string of the molecule is S=P12c3ccccc3Oc3cccc(c31)Oc1ccc(-c3cccc(-c4cccc5c4sc4ccccc45)c3)cc12. The first kappa shape index (κ1) is 23.5. The molecule has 2 aliphatic rings. The molecule has 9 rings (SSSR count). The van der Waals surface area contributed by atoms with Gasteiger partial charge in [0.1, 0.15) is 23.0 Å². The summed E-state index contributed by atoms with van der Waals surface area (Å²) in [6.07, 6.45) is 0. The molecule has 7 aromatic rings. The van der Waals surface area contributed by atoms with E-state index in [1.54, 1.807) is 0 Å². The second-order valence-corrected chi connectivity index (χ2v) is 15.8. The fourth-order valence-electron chi connectivity index (χ4n) is 6.26. The summed E-state index contributed by atoms with van der Waals surface area (Å²) in [6.45, 7) is 0. The largest absolute Gasteiger partial charge is 0.456 e. The Morgan fingerprint density at radius 1 is 0.512 bits per heavy atom. The molecule has 1 aromatic heterocycles. The Bertz CT molecular complexity index is 2250. The van der Waals surface area contributed by atoms with E-state index in [0.717, 1.165) is 50.0 Å². The van der Waals surface area contributed by atoms with E-state index in [9.17, 15) is 0 Å². The van der Waals surface area contributed by atoms with Gasteiger partial charge in [0.15, 0.2) is 0 Å². The minimum absolute atomic E-state index is 0.805. The number of benzene rings is 6. The van der Waals surface area contributed by atoms with Crippen molar-refractivity contribution >= 4 is 65.3 Å². The van der Waals surface area contributed by atoms with Crippen LogP contribution in [0, 0.1) is 0 Å². The summed E-state index contributed by atoms with van der Waals surface area (Å²) in [4.78, 5) is 0. The highest BCUT2D eigenvalue weighted by molar-refractivity contribution is 8.26. The van der Waals surface area contributed by atoms with Crippen LogP contribution in [0.3, 0.4) is 0 Å². The van der Waals surface area contributed by atoms with Crippen LogP contribution >= 0.6 is 17.4 Å². The maximum absolute atomic E-state index is 6.71. The van der Waals surface area contributed by atoms with Crippen molar-refractivity contribution in [2.75, 3.05) is 0 Å². The summed E-state index contributed by atoms with van der Waals surface area (Å²) < 4.78 is 15.4. The van der Waals surface area contributed by atoms with Gasteiger partial charge in [0.25, 0.3) is 0 Å². The van der Waals surface area contributed by atoms with Crippen molar-refractivity contribution in [3.05, 3.63) is 127 Å². The molecule has 41 heavy (non-hydrogen) atoms. The second-order valence-electron chi connectivity index (χ2n) is 10.4. The van der Waals surface area contributed by atoms with Crippen LogP contribution in [-0.2, 0) is 11.8 Å². The average molecular weight is 581 g/mol. The Kier molecular flexibility index (Phi) is 4.95. The molecule has 3 heterocycles. The van der Waals surface area contributed by atoms with E-state index in [-0.39, 0.29) is 0 Å². The molecule has 2 nitrogen and oxygen atoms in total. The molecule has 6 aromatic carbocycles. The van der Waals surface area contributed by atoms with Gasteiger partial charge in [0.05, 0.1) is 11.3 Å². The maximum Gasteiger partial charge on any atom is 0.140 e. The van der Waals surface area contributed by atoms with E-state index in [0.29, 0.717) is 0 Å². The van der Waals surface area contributed by atoms with Crippen LogP contribution in [0.5, 0.6) is 23.0 Å². The Balaban J connectivity index is 1.22. The van der Waals surface area contributed by atoms with Gasteiger partial charge in [-0.25, -0.2) is 0 Å². The van der Waals surface area contributed by atoms with Crippen molar-refractivity contribution in [1.29, 1.82) is 0 Å². The monoisotopic (exact) mass is 580 g/mol. The number of hydrogen-bond donors (Lipinski definition) is 0. The van der Waals surface area contributed by atoms with Gasteiger partial charge in [-0.15, -0.1) is 11.3 Å². The van der Waals surface area contributed by atoms with Gasteiger partial charge >= 0.3 is 0 Å². The lowest BCUT2D eigenvalue weighted by atomic mass is 9.98. The van der Waals surface area contributed by atoms with E-state index < -0.39 is 6.04 Å². The third-order valence-electron chi connectivity index (χ3n) is 8.13. The number of hydrogen-bond acceptors (Lipinski definition) is 4. The quantitative estimate of drug-likeness (QED) is 0.190. The minimum Gasteiger partial charge on any atom is -0.456 e. The summed E-state index contributed by atoms with van der Waals surface area (Å²) in [6, 6.07) is 42.5. The highest BCUT2D eigenvalue weighted by Gasteiger charge is 2.42. The molecule has 0 saturated carbocycles. The van der Waals surface area contributed by atoms with Crippen molar-refractivity contribution in [3.8, 4) is 45.3 Å². The van der Waals surface area contributed by atoms with Gasteiger partial charge in [-0.3, -0.25) is 0 Å². The average Bonchev–Trinajstić information content (AvgIpc) is 3.40. The minimum atomic E-state index is -2.40. The lowest BCUT2D eigenvalue weighted by Gasteiger charge is -2.37.